The number of alkyl halides is 1. The average Bonchev–Trinajstić information content (AvgIpc) is 2.31. The summed E-state index contributed by atoms with van der Waals surface area (Å²) in [6.45, 7) is 6.50. The quantitative estimate of drug-likeness (QED) is 0.295. The number of phosphoric acid groups is 1. The van der Waals surface area contributed by atoms with Gasteiger partial charge in [0.25, 0.3) is 0 Å². The summed E-state index contributed by atoms with van der Waals surface area (Å²) in [5.74, 6) is -0.534. The van der Waals surface area contributed by atoms with E-state index in [1.165, 1.54) is 0 Å². The molecule has 3 N–H and O–H groups in total. The van der Waals surface area contributed by atoms with E-state index in [0.717, 1.165) is 4.43 Å². The highest BCUT2D eigenvalue weighted by atomic mass is 127. The SMILES string of the molecule is CC(C)OP(=O)(O)OCC(C)(C)C(O)C(=O)NCCI. The highest BCUT2D eigenvalue weighted by Crippen LogP contribution is 2.46. The highest BCUT2D eigenvalue weighted by Gasteiger charge is 2.36. The van der Waals surface area contributed by atoms with Crippen LogP contribution in [0.25, 0.3) is 0 Å². The molecule has 1 amide bonds. The molecule has 120 valence electrons. The van der Waals surface area contributed by atoms with Gasteiger partial charge in [-0.3, -0.25) is 13.8 Å². The minimum Gasteiger partial charge on any atom is -0.383 e. The van der Waals surface area contributed by atoms with E-state index < -0.39 is 31.4 Å². The molecule has 0 aliphatic rings. The van der Waals surface area contributed by atoms with Crippen LogP contribution in [-0.4, -0.2) is 45.7 Å². The van der Waals surface area contributed by atoms with E-state index >= 15 is 0 Å². The number of aliphatic hydroxyl groups excluding tert-OH is 1. The molecule has 0 rings (SSSR count). The molecule has 0 aromatic carbocycles. The third kappa shape index (κ3) is 7.90. The van der Waals surface area contributed by atoms with Gasteiger partial charge in [-0.25, -0.2) is 4.57 Å². The maximum Gasteiger partial charge on any atom is 0.472 e. The zero-order valence-electron chi connectivity index (χ0n) is 12.1. The number of nitrogens with one attached hydrogen (secondary N) is 1. The van der Waals surface area contributed by atoms with Crippen molar-refractivity contribution in [2.24, 2.45) is 5.41 Å². The number of phosphoric ester groups is 1. The third-order valence-corrected chi connectivity index (χ3v) is 4.01. The fraction of sp³-hybridized carbons (Fsp3) is 0.909. The number of carbonyl (C=O) groups excluding carboxylic acids is 1. The maximum atomic E-state index is 11.7. The van der Waals surface area contributed by atoms with Crippen molar-refractivity contribution in [1.29, 1.82) is 0 Å². The van der Waals surface area contributed by atoms with E-state index in [9.17, 15) is 19.4 Å². The summed E-state index contributed by atoms with van der Waals surface area (Å²) in [6.07, 6.45) is -1.81. The first-order valence-electron chi connectivity index (χ1n) is 6.19. The van der Waals surface area contributed by atoms with Gasteiger partial charge < -0.3 is 15.3 Å². The first kappa shape index (κ1) is 20.3. The van der Waals surface area contributed by atoms with Crippen molar-refractivity contribution in [2.75, 3.05) is 17.6 Å². The molecule has 0 saturated heterocycles. The second-order valence-electron chi connectivity index (χ2n) is 5.27. The molecule has 2 atom stereocenters. The van der Waals surface area contributed by atoms with Gasteiger partial charge in [-0.1, -0.05) is 36.4 Å². The number of rotatable bonds is 9. The van der Waals surface area contributed by atoms with Gasteiger partial charge in [0, 0.05) is 16.4 Å². The van der Waals surface area contributed by atoms with Crippen LogP contribution < -0.4 is 5.32 Å². The van der Waals surface area contributed by atoms with Crippen molar-refractivity contribution in [2.45, 2.75) is 39.9 Å². The van der Waals surface area contributed by atoms with Gasteiger partial charge in [0.05, 0.1) is 12.7 Å². The molecule has 0 heterocycles. The van der Waals surface area contributed by atoms with Crippen LogP contribution in [0.5, 0.6) is 0 Å². The van der Waals surface area contributed by atoms with E-state index in [2.05, 4.69) is 27.9 Å². The van der Waals surface area contributed by atoms with Crippen molar-refractivity contribution in [3.63, 3.8) is 0 Å². The summed E-state index contributed by atoms with van der Waals surface area (Å²) in [5.41, 5.74) is -1.02. The second kappa shape index (κ2) is 8.65. The summed E-state index contributed by atoms with van der Waals surface area (Å²) in [4.78, 5) is 21.1. The molecule has 0 spiro atoms. The molecule has 0 fully saturated rings. The molecule has 0 radical (unpaired) electrons. The smallest absolute Gasteiger partial charge is 0.383 e. The van der Waals surface area contributed by atoms with Gasteiger partial charge in [0.1, 0.15) is 6.10 Å². The zero-order chi connectivity index (χ0) is 16.0. The molecule has 0 aliphatic carbocycles. The van der Waals surface area contributed by atoms with Crippen LogP contribution in [0, 0.1) is 5.41 Å². The summed E-state index contributed by atoms with van der Waals surface area (Å²) >= 11 is 2.10. The lowest BCUT2D eigenvalue weighted by atomic mass is 9.87. The predicted molar refractivity (Wildman–Crippen MR) is 83.7 cm³/mol. The van der Waals surface area contributed by atoms with Gasteiger partial charge in [-0.05, 0) is 13.8 Å². The third-order valence-electron chi connectivity index (χ3n) is 2.33. The molecular weight excluding hydrogens is 400 g/mol. The molecule has 9 heteroatoms. The first-order chi connectivity index (χ1) is 9.02. The lowest BCUT2D eigenvalue weighted by Crippen LogP contribution is -2.46. The Balaban J connectivity index is 4.50. The van der Waals surface area contributed by atoms with Gasteiger partial charge in [-0.15, -0.1) is 0 Å². The Hall–Kier alpha value is 0.270. The van der Waals surface area contributed by atoms with E-state index in [1.807, 2.05) is 0 Å². The highest BCUT2D eigenvalue weighted by molar-refractivity contribution is 14.1. The lowest BCUT2D eigenvalue weighted by molar-refractivity contribution is -0.136. The van der Waals surface area contributed by atoms with Gasteiger partial charge in [0.15, 0.2) is 0 Å². The minimum atomic E-state index is -4.18. The van der Waals surface area contributed by atoms with Crippen LogP contribution in [-0.2, 0) is 18.4 Å². The van der Waals surface area contributed by atoms with E-state index in [-0.39, 0.29) is 6.61 Å². The lowest BCUT2D eigenvalue weighted by Gasteiger charge is -2.30. The Kier molecular flexibility index (Phi) is 8.77. The van der Waals surface area contributed by atoms with E-state index in [1.54, 1.807) is 27.7 Å². The summed E-state index contributed by atoms with van der Waals surface area (Å²) in [7, 11) is -4.18. The van der Waals surface area contributed by atoms with Crippen LogP contribution >= 0.6 is 30.4 Å². The Morgan fingerprint density at radius 1 is 1.45 bits per heavy atom. The molecule has 20 heavy (non-hydrogen) atoms. The largest absolute Gasteiger partial charge is 0.472 e. The number of carbonyl (C=O) groups is 1. The molecule has 2 unspecified atom stereocenters. The summed E-state index contributed by atoms with van der Waals surface area (Å²) < 4.78 is 21.9. The van der Waals surface area contributed by atoms with Crippen molar-refractivity contribution in [3.05, 3.63) is 0 Å². The molecule has 0 aromatic heterocycles. The molecular formula is C11H23INO6P. The molecule has 7 nitrogen and oxygen atoms in total. The molecule has 0 aromatic rings. The standard InChI is InChI=1S/C11H23INO6P/c1-8(2)19-20(16,17)18-7-11(3,4)9(14)10(15)13-6-5-12/h8-9,14H,5-7H2,1-4H3,(H,13,15)(H,16,17). The Bertz CT molecular complexity index is 363. The van der Waals surface area contributed by atoms with Crippen LogP contribution in [0.15, 0.2) is 0 Å². The number of hydrogen-bond acceptors (Lipinski definition) is 5. The average molecular weight is 423 g/mol. The topological polar surface area (TPSA) is 105 Å². The number of amides is 1. The zero-order valence-corrected chi connectivity index (χ0v) is 15.2. The van der Waals surface area contributed by atoms with Gasteiger partial charge in [-0.2, -0.15) is 0 Å². The fourth-order valence-electron chi connectivity index (χ4n) is 1.25. The molecule has 0 bridgehead atoms. The number of hydrogen-bond donors (Lipinski definition) is 3. The summed E-state index contributed by atoms with van der Waals surface area (Å²) in [5, 5.41) is 12.5. The summed E-state index contributed by atoms with van der Waals surface area (Å²) in [6, 6.07) is 0. The monoisotopic (exact) mass is 423 g/mol. The minimum absolute atomic E-state index is 0.285. The van der Waals surface area contributed by atoms with Crippen LogP contribution in [0.1, 0.15) is 27.7 Å². The van der Waals surface area contributed by atoms with Crippen LogP contribution in [0.2, 0.25) is 0 Å². The fourth-order valence-corrected chi connectivity index (χ4v) is 2.60. The van der Waals surface area contributed by atoms with Crippen molar-refractivity contribution in [1.82, 2.24) is 5.32 Å². The number of aliphatic hydroxyl groups is 1. The normalized spacial score (nSPS) is 16.8. The second-order valence-corrected chi connectivity index (χ2v) is 7.75. The van der Waals surface area contributed by atoms with Crippen LogP contribution in [0.4, 0.5) is 0 Å². The first-order valence-corrected chi connectivity index (χ1v) is 9.21. The molecule has 0 aliphatic heterocycles. The Morgan fingerprint density at radius 2 is 2.00 bits per heavy atom. The van der Waals surface area contributed by atoms with Crippen molar-refractivity contribution < 1.29 is 28.4 Å². The Morgan fingerprint density at radius 3 is 2.45 bits per heavy atom. The van der Waals surface area contributed by atoms with Crippen molar-refractivity contribution in [3.8, 4) is 0 Å². The van der Waals surface area contributed by atoms with Crippen LogP contribution in [0.3, 0.4) is 0 Å². The van der Waals surface area contributed by atoms with Gasteiger partial charge in [0.2, 0.25) is 5.91 Å². The van der Waals surface area contributed by atoms with Gasteiger partial charge >= 0.3 is 7.82 Å². The predicted octanol–water partition coefficient (Wildman–Crippen LogP) is 1.47. The molecule has 0 saturated carbocycles. The van der Waals surface area contributed by atoms with E-state index in [4.69, 9.17) is 9.05 Å². The van der Waals surface area contributed by atoms with Crippen molar-refractivity contribution >= 4 is 36.3 Å². The number of halogens is 1. The Labute approximate surface area is 133 Å². The maximum absolute atomic E-state index is 11.7. The van der Waals surface area contributed by atoms with E-state index in [0.29, 0.717) is 6.54 Å².